The molecule has 1 aliphatic rings. The molecule has 144 valence electrons. The molecule has 0 saturated carbocycles. The second-order valence-electron chi connectivity index (χ2n) is 7.08. The largest absolute Gasteiger partial charge is 0.340 e. The summed E-state index contributed by atoms with van der Waals surface area (Å²) in [7, 11) is 0. The lowest BCUT2D eigenvalue weighted by molar-refractivity contribution is -0.130. The zero-order valence-electron chi connectivity index (χ0n) is 15.6. The molecule has 1 fully saturated rings. The Morgan fingerprint density at radius 1 is 1.14 bits per heavy atom. The summed E-state index contributed by atoms with van der Waals surface area (Å²) in [4.78, 5) is 22.8. The number of amides is 1. The summed E-state index contributed by atoms with van der Waals surface area (Å²) < 4.78 is 5.29. The first kappa shape index (κ1) is 18.3. The predicted molar refractivity (Wildman–Crippen MR) is 104 cm³/mol. The molecule has 0 bridgehead atoms. The zero-order chi connectivity index (χ0) is 19.3. The number of nitrogens with two attached hydrogens (primary N) is 1. The van der Waals surface area contributed by atoms with Crippen molar-refractivity contribution in [3.05, 3.63) is 66.3 Å². The fraction of sp³-hybridized carbons (Fsp3) is 0.333. The summed E-state index contributed by atoms with van der Waals surface area (Å²) >= 11 is 0. The summed E-state index contributed by atoms with van der Waals surface area (Å²) in [5, 5.41) is 3.99. The van der Waals surface area contributed by atoms with E-state index >= 15 is 0 Å². The Hall–Kier alpha value is -3.06. The first-order valence-corrected chi connectivity index (χ1v) is 9.52. The molecule has 2 aromatic heterocycles. The van der Waals surface area contributed by atoms with Gasteiger partial charge in [-0.25, -0.2) is 0 Å². The first-order valence-electron chi connectivity index (χ1n) is 9.52. The number of hydrogen-bond donors (Lipinski definition) is 1. The Kier molecular flexibility index (Phi) is 5.43. The van der Waals surface area contributed by atoms with Crippen LogP contribution in [0.15, 0.2) is 59.4 Å². The van der Waals surface area contributed by atoms with Crippen LogP contribution in [-0.4, -0.2) is 45.1 Å². The molecule has 3 aromatic rings. The molecular formula is C21H23N5O2. The van der Waals surface area contributed by atoms with Crippen LogP contribution in [0, 0.1) is 0 Å². The third-order valence-electron chi connectivity index (χ3n) is 5.13. The minimum Gasteiger partial charge on any atom is -0.340 e. The van der Waals surface area contributed by atoms with E-state index in [0.717, 1.165) is 5.56 Å². The molecule has 2 atom stereocenters. The van der Waals surface area contributed by atoms with Crippen LogP contribution >= 0.6 is 0 Å². The number of carbonyl (C=O) groups excluding carboxylic acids is 1. The molecule has 0 spiro atoms. The summed E-state index contributed by atoms with van der Waals surface area (Å²) in [6, 6.07) is 13.8. The van der Waals surface area contributed by atoms with Crippen LogP contribution < -0.4 is 5.73 Å². The molecule has 28 heavy (non-hydrogen) atoms. The SMILES string of the molecule is N[C@@H]1CN(C(=O)CCCc2nc(-c3ccncc3)no2)C[C@H]1c1ccccc1. The molecular weight excluding hydrogens is 354 g/mol. The molecule has 1 aromatic carbocycles. The smallest absolute Gasteiger partial charge is 0.226 e. The van der Waals surface area contributed by atoms with E-state index in [-0.39, 0.29) is 17.9 Å². The van der Waals surface area contributed by atoms with E-state index in [4.69, 9.17) is 10.3 Å². The van der Waals surface area contributed by atoms with Crippen molar-refractivity contribution >= 4 is 5.91 Å². The second-order valence-corrected chi connectivity index (χ2v) is 7.08. The van der Waals surface area contributed by atoms with E-state index < -0.39 is 0 Å². The number of benzene rings is 1. The van der Waals surface area contributed by atoms with E-state index in [9.17, 15) is 4.79 Å². The van der Waals surface area contributed by atoms with Crippen LogP contribution in [0.5, 0.6) is 0 Å². The first-order chi connectivity index (χ1) is 13.7. The summed E-state index contributed by atoms with van der Waals surface area (Å²) in [5.74, 6) is 1.41. The fourth-order valence-electron chi connectivity index (χ4n) is 3.61. The van der Waals surface area contributed by atoms with E-state index in [0.29, 0.717) is 44.1 Å². The number of hydrogen-bond acceptors (Lipinski definition) is 6. The van der Waals surface area contributed by atoms with Gasteiger partial charge in [0.1, 0.15) is 0 Å². The normalized spacial score (nSPS) is 19.1. The van der Waals surface area contributed by atoms with Crippen molar-refractivity contribution in [1.82, 2.24) is 20.0 Å². The maximum atomic E-state index is 12.6. The molecule has 0 aliphatic carbocycles. The molecule has 1 aliphatic heterocycles. The van der Waals surface area contributed by atoms with Crippen molar-refractivity contribution in [2.24, 2.45) is 5.73 Å². The predicted octanol–water partition coefficient (Wildman–Crippen LogP) is 2.41. The van der Waals surface area contributed by atoms with Crippen LogP contribution in [-0.2, 0) is 11.2 Å². The number of rotatable bonds is 6. The highest BCUT2D eigenvalue weighted by Gasteiger charge is 2.33. The highest BCUT2D eigenvalue weighted by atomic mass is 16.5. The molecule has 3 heterocycles. The lowest BCUT2D eigenvalue weighted by Crippen LogP contribution is -2.32. The van der Waals surface area contributed by atoms with E-state index in [1.54, 1.807) is 12.4 Å². The Morgan fingerprint density at radius 2 is 1.93 bits per heavy atom. The van der Waals surface area contributed by atoms with E-state index in [1.807, 2.05) is 35.2 Å². The molecule has 2 N–H and O–H groups in total. The number of likely N-dealkylation sites (tertiary alicyclic amines) is 1. The van der Waals surface area contributed by atoms with Crippen molar-refractivity contribution in [1.29, 1.82) is 0 Å². The topological polar surface area (TPSA) is 98.1 Å². The third-order valence-corrected chi connectivity index (χ3v) is 5.13. The van der Waals surface area contributed by atoms with Gasteiger partial charge in [0, 0.05) is 55.8 Å². The van der Waals surface area contributed by atoms with Crippen LogP contribution in [0.2, 0.25) is 0 Å². The van der Waals surface area contributed by atoms with E-state index in [1.165, 1.54) is 5.56 Å². The van der Waals surface area contributed by atoms with Gasteiger partial charge in [0.15, 0.2) is 0 Å². The van der Waals surface area contributed by atoms with Crippen LogP contribution in [0.3, 0.4) is 0 Å². The maximum absolute atomic E-state index is 12.6. The number of carbonyl (C=O) groups is 1. The summed E-state index contributed by atoms with van der Waals surface area (Å²) in [6.45, 7) is 1.28. The van der Waals surface area contributed by atoms with Crippen molar-refractivity contribution in [2.45, 2.75) is 31.2 Å². The van der Waals surface area contributed by atoms with Crippen molar-refractivity contribution in [3.8, 4) is 11.4 Å². The molecule has 0 unspecified atom stereocenters. The Labute approximate surface area is 163 Å². The zero-order valence-corrected chi connectivity index (χ0v) is 15.6. The lowest BCUT2D eigenvalue weighted by Gasteiger charge is -2.16. The lowest BCUT2D eigenvalue weighted by atomic mass is 9.95. The van der Waals surface area contributed by atoms with Crippen LogP contribution in [0.25, 0.3) is 11.4 Å². The Balaban J connectivity index is 1.28. The third kappa shape index (κ3) is 4.09. The number of aromatic nitrogens is 3. The average Bonchev–Trinajstić information content (AvgIpc) is 3.36. The Morgan fingerprint density at radius 3 is 2.71 bits per heavy atom. The number of aryl methyl sites for hydroxylation is 1. The average molecular weight is 377 g/mol. The molecule has 0 radical (unpaired) electrons. The van der Waals surface area contributed by atoms with Gasteiger partial charge in [-0.15, -0.1) is 0 Å². The molecule has 7 nitrogen and oxygen atoms in total. The van der Waals surface area contributed by atoms with Crippen LogP contribution in [0.4, 0.5) is 0 Å². The minimum atomic E-state index is -0.0230. The molecule has 1 saturated heterocycles. The summed E-state index contributed by atoms with van der Waals surface area (Å²) in [6.07, 6.45) is 5.06. The van der Waals surface area contributed by atoms with E-state index in [2.05, 4.69) is 27.3 Å². The van der Waals surface area contributed by atoms with Crippen molar-refractivity contribution in [3.63, 3.8) is 0 Å². The maximum Gasteiger partial charge on any atom is 0.226 e. The van der Waals surface area contributed by atoms with Crippen molar-refractivity contribution in [2.75, 3.05) is 13.1 Å². The van der Waals surface area contributed by atoms with Gasteiger partial charge in [-0.05, 0) is 24.1 Å². The monoisotopic (exact) mass is 377 g/mol. The van der Waals surface area contributed by atoms with Gasteiger partial charge in [-0.2, -0.15) is 4.98 Å². The van der Waals surface area contributed by atoms with Gasteiger partial charge < -0.3 is 15.2 Å². The van der Waals surface area contributed by atoms with Crippen LogP contribution in [0.1, 0.15) is 30.2 Å². The minimum absolute atomic E-state index is 0.0230. The standard InChI is InChI=1S/C21H23N5O2/c22-18-14-26(13-17(18)15-5-2-1-3-6-15)20(27)8-4-7-19-24-21(25-28-19)16-9-11-23-12-10-16/h1-3,5-6,9-12,17-18H,4,7-8,13-14,22H2/t17-,18+/m0/s1. The van der Waals surface area contributed by atoms with Gasteiger partial charge in [0.05, 0.1) is 0 Å². The molecule has 1 amide bonds. The number of nitrogens with zero attached hydrogens (tertiary/aromatic N) is 4. The number of pyridine rings is 1. The van der Waals surface area contributed by atoms with Gasteiger partial charge in [-0.1, -0.05) is 35.5 Å². The van der Waals surface area contributed by atoms with Gasteiger partial charge in [-0.3, -0.25) is 9.78 Å². The fourth-order valence-corrected chi connectivity index (χ4v) is 3.61. The highest BCUT2D eigenvalue weighted by molar-refractivity contribution is 5.76. The Bertz CT molecular complexity index is 913. The highest BCUT2D eigenvalue weighted by Crippen LogP contribution is 2.27. The second kappa shape index (κ2) is 8.31. The quantitative estimate of drug-likeness (QED) is 0.708. The van der Waals surface area contributed by atoms with Gasteiger partial charge in [0.2, 0.25) is 17.6 Å². The van der Waals surface area contributed by atoms with Gasteiger partial charge >= 0.3 is 0 Å². The molecule has 4 rings (SSSR count). The van der Waals surface area contributed by atoms with Gasteiger partial charge in [0.25, 0.3) is 0 Å². The van der Waals surface area contributed by atoms with Crippen molar-refractivity contribution < 1.29 is 9.32 Å². The molecule has 7 heteroatoms. The summed E-state index contributed by atoms with van der Waals surface area (Å²) in [5.41, 5.74) is 8.34.